The van der Waals surface area contributed by atoms with E-state index < -0.39 is 36.0 Å². The normalized spacial score (nSPS) is 47.4. The van der Waals surface area contributed by atoms with Crippen LogP contribution in [0.1, 0.15) is 80.1 Å². The van der Waals surface area contributed by atoms with Crippen LogP contribution in [0, 0.1) is 22.7 Å². The van der Waals surface area contributed by atoms with E-state index in [-0.39, 0.29) is 22.7 Å². The molecule has 3 aliphatic rings. The molecule has 0 aromatic carbocycles. The van der Waals surface area contributed by atoms with E-state index >= 15 is 0 Å². The molecule has 2 saturated carbocycles. The summed E-state index contributed by atoms with van der Waals surface area (Å²) < 4.78 is 11.9. The minimum Gasteiger partial charge on any atom is -0.390 e. The molecule has 1 saturated heterocycles. The summed E-state index contributed by atoms with van der Waals surface area (Å²) in [7, 11) is 0. The van der Waals surface area contributed by atoms with E-state index in [0.29, 0.717) is 25.7 Å². The second-order valence-electron chi connectivity index (χ2n) is 12.0. The number of ether oxygens (including phenoxy) is 2. The topological polar surface area (TPSA) is 99.4 Å². The third kappa shape index (κ3) is 4.57. The molecule has 1 heterocycles. The van der Waals surface area contributed by atoms with E-state index in [1.165, 1.54) is 0 Å². The number of aliphatic hydroxyl groups is 4. The van der Waals surface area contributed by atoms with E-state index in [0.717, 1.165) is 12.8 Å². The molecule has 0 spiro atoms. The molecule has 0 aromatic heterocycles. The molecule has 8 unspecified atom stereocenters. The summed E-state index contributed by atoms with van der Waals surface area (Å²) in [6.07, 6.45) is -0.467. The highest BCUT2D eigenvalue weighted by Crippen LogP contribution is 2.51. The Hall–Kier alpha value is -0.240. The molecule has 0 bridgehead atoms. The van der Waals surface area contributed by atoms with Crippen molar-refractivity contribution in [3.63, 3.8) is 0 Å². The van der Waals surface area contributed by atoms with Gasteiger partial charge in [0.05, 0.1) is 12.2 Å². The number of rotatable bonds is 2. The smallest absolute Gasteiger partial charge is 0.195 e. The quantitative estimate of drug-likeness (QED) is 0.569. The first-order valence-corrected chi connectivity index (χ1v) is 10.8. The van der Waals surface area contributed by atoms with Crippen LogP contribution in [0.4, 0.5) is 0 Å². The number of hydrogen-bond acceptors (Lipinski definition) is 6. The molecule has 6 heteroatoms. The first kappa shape index (κ1) is 22.4. The third-order valence-corrected chi connectivity index (χ3v) is 6.50. The van der Waals surface area contributed by atoms with Crippen LogP contribution < -0.4 is 0 Å². The monoisotopic (exact) mass is 400 g/mol. The summed E-state index contributed by atoms with van der Waals surface area (Å²) in [5, 5.41) is 44.0. The van der Waals surface area contributed by atoms with Gasteiger partial charge in [0.15, 0.2) is 11.6 Å². The van der Waals surface area contributed by atoms with Crippen molar-refractivity contribution in [2.45, 2.75) is 116 Å². The molecule has 28 heavy (non-hydrogen) atoms. The van der Waals surface area contributed by atoms with Crippen molar-refractivity contribution < 1.29 is 29.9 Å². The molecule has 3 fully saturated rings. The van der Waals surface area contributed by atoms with Crippen LogP contribution in [0.3, 0.4) is 0 Å². The molecular weight excluding hydrogens is 360 g/mol. The summed E-state index contributed by atoms with van der Waals surface area (Å²) in [5.74, 6) is -3.33. The van der Waals surface area contributed by atoms with E-state index in [9.17, 15) is 20.4 Å². The predicted molar refractivity (Wildman–Crippen MR) is 105 cm³/mol. The van der Waals surface area contributed by atoms with Crippen molar-refractivity contribution in [3.05, 3.63) is 0 Å². The molecule has 8 atom stereocenters. The lowest BCUT2D eigenvalue weighted by atomic mass is 9.70. The summed E-state index contributed by atoms with van der Waals surface area (Å²) in [5.41, 5.74) is 0.0981. The minimum atomic E-state index is -1.70. The largest absolute Gasteiger partial charge is 0.390 e. The maximum absolute atomic E-state index is 11.3. The predicted octanol–water partition coefficient (Wildman–Crippen LogP) is 2.56. The molecule has 6 nitrogen and oxygen atoms in total. The second-order valence-corrected chi connectivity index (χ2v) is 12.0. The Balaban J connectivity index is 1.80. The maximum Gasteiger partial charge on any atom is 0.195 e. The van der Waals surface area contributed by atoms with E-state index in [1.807, 2.05) is 0 Å². The molecule has 1 aliphatic heterocycles. The Bertz CT molecular complexity index is 566. The molecule has 0 aromatic rings. The van der Waals surface area contributed by atoms with Crippen LogP contribution in [0.25, 0.3) is 0 Å². The van der Waals surface area contributed by atoms with Gasteiger partial charge >= 0.3 is 0 Å². The summed E-state index contributed by atoms with van der Waals surface area (Å²) in [4.78, 5) is 0. The van der Waals surface area contributed by atoms with Crippen LogP contribution in [-0.2, 0) is 9.47 Å². The lowest BCUT2D eigenvalue weighted by molar-refractivity contribution is -0.462. The Kier molecular flexibility index (Phi) is 5.75. The van der Waals surface area contributed by atoms with E-state index in [4.69, 9.17) is 9.47 Å². The summed E-state index contributed by atoms with van der Waals surface area (Å²) >= 11 is 0. The zero-order valence-electron chi connectivity index (χ0n) is 18.3. The summed E-state index contributed by atoms with van der Waals surface area (Å²) in [6, 6.07) is 0. The van der Waals surface area contributed by atoms with Crippen molar-refractivity contribution in [1.82, 2.24) is 0 Å². The fraction of sp³-hybridized carbons (Fsp3) is 1.00. The molecule has 3 rings (SSSR count). The molecule has 0 amide bonds. The highest BCUT2D eigenvalue weighted by atomic mass is 16.7. The Labute approximate surface area is 169 Å². The molecular formula is C22H40O6. The van der Waals surface area contributed by atoms with Crippen molar-refractivity contribution in [2.75, 3.05) is 0 Å². The highest BCUT2D eigenvalue weighted by Gasteiger charge is 2.64. The van der Waals surface area contributed by atoms with Crippen LogP contribution in [0.5, 0.6) is 0 Å². The van der Waals surface area contributed by atoms with Gasteiger partial charge in [0.1, 0.15) is 12.2 Å². The second kappa shape index (κ2) is 7.17. The van der Waals surface area contributed by atoms with Crippen LogP contribution in [-0.4, -0.2) is 56.4 Å². The molecule has 164 valence electrons. The third-order valence-electron chi connectivity index (χ3n) is 6.50. The zero-order chi connectivity index (χ0) is 21.1. The highest BCUT2D eigenvalue weighted by molar-refractivity contribution is 5.05. The standard InChI is InChI=1S/C22H40O6/c1-19(2,3)10-13-9-15(23)17-22(26,11-13)28-18-16(24)14(12-20(4,5)6)7-8-21(18,25)27-17/h13-18,23-26H,7-12H2,1-6H3. The van der Waals surface area contributed by atoms with Gasteiger partial charge in [-0.25, -0.2) is 0 Å². The van der Waals surface area contributed by atoms with Gasteiger partial charge in [0, 0.05) is 12.8 Å². The van der Waals surface area contributed by atoms with Crippen molar-refractivity contribution in [3.8, 4) is 0 Å². The first-order valence-electron chi connectivity index (χ1n) is 10.8. The fourth-order valence-electron chi connectivity index (χ4n) is 5.64. The SMILES string of the molecule is CC(C)(C)CC1CC(O)C2OC3(O)CCC(CC(C)(C)C)C(O)C3OC2(O)C1. The van der Waals surface area contributed by atoms with E-state index in [1.54, 1.807) is 0 Å². The van der Waals surface area contributed by atoms with Crippen molar-refractivity contribution >= 4 is 0 Å². The zero-order valence-corrected chi connectivity index (χ0v) is 18.3. The lowest BCUT2D eigenvalue weighted by Crippen LogP contribution is -2.73. The maximum atomic E-state index is 11.3. The Morgan fingerprint density at radius 3 is 2.00 bits per heavy atom. The van der Waals surface area contributed by atoms with Gasteiger partial charge in [0.25, 0.3) is 0 Å². The minimum absolute atomic E-state index is 0.0343. The lowest BCUT2D eigenvalue weighted by Gasteiger charge is -2.58. The van der Waals surface area contributed by atoms with Crippen LogP contribution in [0.15, 0.2) is 0 Å². The van der Waals surface area contributed by atoms with Gasteiger partial charge in [-0.15, -0.1) is 0 Å². The van der Waals surface area contributed by atoms with Crippen molar-refractivity contribution in [1.29, 1.82) is 0 Å². The molecule has 0 radical (unpaired) electrons. The first-order chi connectivity index (χ1) is 12.6. The number of hydrogen-bond donors (Lipinski definition) is 4. The van der Waals surface area contributed by atoms with Gasteiger partial charge in [-0.05, 0) is 48.3 Å². The number of aliphatic hydroxyl groups excluding tert-OH is 2. The van der Waals surface area contributed by atoms with Gasteiger partial charge in [0.2, 0.25) is 0 Å². The molecule has 2 aliphatic carbocycles. The average molecular weight is 401 g/mol. The van der Waals surface area contributed by atoms with Gasteiger partial charge < -0.3 is 29.9 Å². The fourth-order valence-corrected chi connectivity index (χ4v) is 5.64. The van der Waals surface area contributed by atoms with E-state index in [2.05, 4.69) is 41.5 Å². The Morgan fingerprint density at radius 1 is 0.857 bits per heavy atom. The molecule has 4 N–H and O–H groups in total. The van der Waals surface area contributed by atoms with Crippen LogP contribution >= 0.6 is 0 Å². The van der Waals surface area contributed by atoms with Gasteiger partial charge in [-0.1, -0.05) is 41.5 Å². The number of fused-ring (bicyclic) bond motifs is 2. The van der Waals surface area contributed by atoms with Gasteiger partial charge in [-0.2, -0.15) is 0 Å². The summed E-state index contributed by atoms with van der Waals surface area (Å²) in [6.45, 7) is 12.8. The average Bonchev–Trinajstić information content (AvgIpc) is 2.48. The Morgan fingerprint density at radius 2 is 1.43 bits per heavy atom. The van der Waals surface area contributed by atoms with Crippen molar-refractivity contribution in [2.24, 2.45) is 22.7 Å². The van der Waals surface area contributed by atoms with Crippen LogP contribution in [0.2, 0.25) is 0 Å². The van der Waals surface area contributed by atoms with Gasteiger partial charge in [-0.3, -0.25) is 0 Å².